The predicted molar refractivity (Wildman–Crippen MR) is 149 cm³/mol. The minimum absolute atomic E-state index is 0.112. The van der Waals surface area contributed by atoms with Gasteiger partial charge in [0.05, 0.1) is 35.7 Å². The number of imidazole rings is 1. The zero-order valence-electron chi connectivity index (χ0n) is 22.5. The van der Waals surface area contributed by atoms with Crippen LogP contribution < -0.4 is 5.32 Å². The van der Waals surface area contributed by atoms with Gasteiger partial charge < -0.3 is 19.8 Å². The quantitative estimate of drug-likeness (QED) is 0.159. The number of aromatic nitrogens is 2. The van der Waals surface area contributed by atoms with Crippen molar-refractivity contribution in [1.82, 2.24) is 15.3 Å². The number of esters is 2. The number of nitro benzene ring substituents is 1. The predicted octanol–water partition coefficient (Wildman–Crippen LogP) is 4.96. The molecule has 2 N–H and O–H groups in total. The molecule has 1 aliphatic heterocycles. The van der Waals surface area contributed by atoms with Crippen LogP contribution in [0.15, 0.2) is 89.5 Å². The van der Waals surface area contributed by atoms with Gasteiger partial charge in [-0.15, -0.1) is 0 Å². The van der Waals surface area contributed by atoms with E-state index in [1.165, 1.54) is 25.3 Å². The summed E-state index contributed by atoms with van der Waals surface area (Å²) in [6.07, 6.45) is 8.58. The highest BCUT2D eigenvalue weighted by Crippen LogP contribution is 2.40. The number of nitro groups is 1. The van der Waals surface area contributed by atoms with Crippen LogP contribution >= 0.6 is 0 Å². The van der Waals surface area contributed by atoms with Crippen molar-refractivity contribution < 1.29 is 24.0 Å². The van der Waals surface area contributed by atoms with Crippen molar-refractivity contribution in [2.24, 2.45) is 0 Å². The molecule has 0 spiro atoms. The molecule has 0 bridgehead atoms. The van der Waals surface area contributed by atoms with Crippen LogP contribution in [-0.4, -0.2) is 40.5 Å². The first-order valence-corrected chi connectivity index (χ1v) is 12.7. The smallest absolute Gasteiger partial charge is 0.336 e. The second kappa shape index (κ2) is 12.7. The Morgan fingerprint density at radius 2 is 1.80 bits per heavy atom. The van der Waals surface area contributed by atoms with Crippen LogP contribution in [0.3, 0.4) is 0 Å². The highest BCUT2D eigenvalue weighted by Gasteiger charge is 2.38. The normalized spacial score (nSPS) is 15.2. The minimum Gasteiger partial charge on any atom is -0.466 e. The number of ether oxygens (including phenoxy) is 2. The number of hydrogen-bond acceptors (Lipinski definition) is 8. The lowest BCUT2D eigenvalue weighted by molar-refractivity contribution is -0.384. The van der Waals surface area contributed by atoms with Crippen LogP contribution in [0.2, 0.25) is 0 Å². The Kier molecular flexibility index (Phi) is 8.90. The minimum atomic E-state index is -0.892. The first kappa shape index (κ1) is 28.0. The van der Waals surface area contributed by atoms with Gasteiger partial charge in [0.15, 0.2) is 0 Å². The summed E-state index contributed by atoms with van der Waals surface area (Å²) in [4.78, 5) is 44.3. The summed E-state index contributed by atoms with van der Waals surface area (Å²) in [5, 5.41) is 14.5. The van der Waals surface area contributed by atoms with E-state index < -0.39 is 22.8 Å². The van der Waals surface area contributed by atoms with Crippen LogP contribution in [0, 0.1) is 10.1 Å². The molecule has 0 saturated carbocycles. The van der Waals surface area contributed by atoms with Crippen LogP contribution in [0.5, 0.6) is 0 Å². The molecule has 1 unspecified atom stereocenters. The number of methoxy groups -OCH3 is 1. The number of hydrogen-bond donors (Lipinski definition) is 2. The standard InChI is InChI=1S/C30H30N4O6/c1-19-26(29(35)39-3)28(23-8-6-9-24(18-23)34(37)38)27(20(2)33-19)30(36)40-16-5-4-7-21-10-12-22(13-11-21)17-25-31-14-15-32-25/h4,6-15,18,28,33H,5,16-17H2,1-3H3,(H,31,32). The Hall–Kier alpha value is -4.99. The van der Waals surface area contributed by atoms with Crippen molar-refractivity contribution in [3.63, 3.8) is 0 Å². The Morgan fingerprint density at radius 1 is 1.07 bits per heavy atom. The zero-order chi connectivity index (χ0) is 28.6. The zero-order valence-corrected chi connectivity index (χ0v) is 22.5. The lowest BCUT2D eigenvalue weighted by Gasteiger charge is -2.30. The third-order valence-corrected chi connectivity index (χ3v) is 6.53. The molecule has 1 aliphatic rings. The molecule has 1 atom stereocenters. The van der Waals surface area contributed by atoms with Crippen molar-refractivity contribution in [3.8, 4) is 0 Å². The van der Waals surface area contributed by atoms with Gasteiger partial charge in [-0.1, -0.05) is 48.6 Å². The number of nitrogens with one attached hydrogen (secondary N) is 2. The van der Waals surface area contributed by atoms with Crippen molar-refractivity contribution in [1.29, 1.82) is 0 Å². The van der Waals surface area contributed by atoms with Crippen LogP contribution in [0.4, 0.5) is 5.69 Å². The number of allylic oxidation sites excluding steroid dienone is 2. The van der Waals surface area contributed by atoms with Crippen molar-refractivity contribution in [3.05, 3.63) is 122 Å². The molecule has 2 aromatic carbocycles. The molecule has 206 valence electrons. The summed E-state index contributed by atoms with van der Waals surface area (Å²) < 4.78 is 10.6. The van der Waals surface area contributed by atoms with Gasteiger partial charge in [0.25, 0.3) is 5.69 Å². The number of H-pyrrole nitrogens is 1. The molecular weight excluding hydrogens is 512 g/mol. The fourth-order valence-electron chi connectivity index (χ4n) is 4.65. The van der Waals surface area contributed by atoms with Gasteiger partial charge in [0.1, 0.15) is 5.82 Å². The van der Waals surface area contributed by atoms with E-state index in [2.05, 4.69) is 15.3 Å². The van der Waals surface area contributed by atoms with E-state index in [1.807, 2.05) is 36.4 Å². The highest BCUT2D eigenvalue weighted by molar-refractivity contribution is 5.99. The van der Waals surface area contributed by atoms with Crippen LogP contribution in [-0.2, 0) is 25.5 Å². The van der Waals surface area contributed by atoms with Crippen LogP contribution in [0.1, 0.15) is 48.7 Å². The third-order valence-electron chi connectivity index (χ3n) is 6.53. The molecule has 0 radical (unpaired) electrons. The fraction of sp³-hybridized carbons (Fsp3) is 0.233. The molecule has 0 fully saturated rings. The van der Waals surface area contributed by atoms with Crippen molar-refractivity contribution in [2.45, 2.75) is 32.6 Å². The van der Waals surface area contributed by atoms with Gasteiger partial charge in [-0.2, -0.15) is 0 Å². The molecule has 10 nitrogen and oxygen atoms in total. The van der Waals surface area contributed by atoms with Gasteiger partial charge in [-0.3, -0.25) is 10.1 Å². The van der Waals surface area contributed by atoms with E-state index >= 15 is 0 Å². The van der Waals surface area contributed by atoms with Gasteiger partial charge in [0.2, 0.25) is 0 Å². The van der Waals surface area contributed by atoms with Crippen molar-refractivity contribution >= 4 is 23.7 Å². The second-order valence-corrected chi connectivity index (χ2v) is 9.26. The molecule has 3 aromatic rings. The van der Waals surface area contributed by atoms with E-state index in [1.54, 1.807) is 32.3 Å². The number of nitrogens with zero attached hydrogens (tertiary/aromatic N) is 2. The Balaban J connectivity index is 1.45. The van der Waals surface area contributed by atoms with Crippen molar-refractivity contribution in [2.75, 3.05) is 13.7 Å². The fourth-order valence-corrected chi connectivity index (χ4v) is 4.65. The number of carbonyl (C=O) groups excluding carboxylic acids is 2. The first-order chi connectivity index (χ1) is 19.3. The number of carbonyl (C=O) groups is 2. The Labute approximate surface area is 231 Å². The highest BCUT2D eigenvalue weighted by atomic mass is 16.6. The number of aromatic amines is 1. The van der Waals surface area contributed by atoms with E-state index in [0.717, 1.165) is 23.4 Å². The summed E-state index contributed by atoms with van der Waals surface area (Å²) in [7, 11) is 1.25. The molecule has 1 aromatic heterocycles. The number of benzene rings is 2. The summed E-state index contributed by atoms with van der Waals surface area (Å²) in [6, 6.07) is 14.0. The van der Waals surface area contributed by atoms with E-state index in [-0.39, 0.29) is 23.4 Å². The van der Waals surface area contributed by atoms with E-state index in [9.17, 15) is 19.7 Å². The summed E-state index contributed by atoms with van der Waals surface area (Å²) >= 11 is 0. The lowest BCUT2D eigenvalue weighted by atomic mass is 9.80. The molecule has 40 heavy (non-hydrogen) atoms. The molecule has 4 rings (SSSR count). The average Bonchev–Trinajstić information content (AvgIpc) is 3.46. The Bertz CT molecular complexity index is 1490. The molecule has 0 aliphatic carbocycles. The maximum atomic E-state index is 13.3. The van der Waals surface area contributed by atoms with Gasteiger partial charge in [-0.05, 0) is 37.0 Å². The third kappa shape index (κ3) is 6.52. The Morgan fingerprint density at radius 3 is 2.45 bits per heavy atom. The summed E-state index contributed by atoms with van der Waals surface area (Å²) in [6.45, 7) is 3.51. The molecule has 2 heterocycles. The van der Waals surface area contributed by atoms with E-state index in [4.69, 9.17) is 9.47 Å². The average molecular weight is 543 g/mol. The molecular formula is C30H30N4O6. The second-order valence-electron chi connectivity index (χ2n) is 9.26. The van der Waals surface area contributed by atoms with Crippen LogP contribution in [0.25, 0.3) is 6.08 Å². The monoisotopic (exact) mass is 542 g/mol. The molecule has 0 amide bonds. The topological polar surface area (TPSA) is 136 Å². The lowest BCUT2D eigenvalue weighted by Crippen LogP contribution is -2.32. The first-order valence-electron chi connectivity index (χ1n) is 12.7. The summed E-state index contributed by atoms with van der Waals surface area (Å²) in [5.74, 6) is -1.25. The molecule has 0 saturated heterocycles. The van der Waals surface area contributed by atoms with Gasteiger partial charge in [0, 0.05) is 42.3 Å². The van der Waals surface area contributed by atoms with Gasteiger partial charge >= 0.3 is 11.9 Å². The number of rotatable bonds is 10. The SMILES string of the molecule is COC(=O)C1=C(C)NC(C)=C(C(=O)OCCC=Cc2ccc(Cc3ncc[nH]3)cc2)C1c1cccc([N+](=O)[O-])c1. The number of non-ortho nitro benzene ring substituents is 1. The van der Waals surface area contributed by atoms with Gasteiger partial charge in [-0.25, -0.2) is 14.6 Å². The maximum Gasteiger partial charge on any atom is 0.336 e. The number of dihydropyridines is 1. The largest absolute Gasteiger partial charge is 0.466 e. The maximum absolute atomic E-state index is 13.3. The van der Waals surface area contributed by atoms with E-state index in [0.29, 0.717) is 23.4 Å². The summed E-state index contributed by atoms with van der Waals surface area (Å²) in [5.41, 5.74) is 3.80. The molecule has 10 heteroatoms.